The van der Waals surface area contributed by atoms with Gasteiger partial charge in [0, 0.05) is 19.6 Å². The number of likely N-dealkylation sites (N-methyl/N-ethyl adjacent to an activating group) is 1. The molecule has 22 heavy (non-hydrogen) atoms. The number of aromatic nitrogens is 2. The Labute approximate surface area is 130 Å². The van der Waals surface area contributed by atoms with Crippen molar-refractivity contribution in [1.29, 1.82) is 0 Å². The SMILES string of the molecule is CN1CCCN(CC(=O)NCc2ccc3nc[nH]c3c2)CC1. The molecule has 3 rings (SSSR count). The van der Waals surface area contributed by atoms with Crippen LogP contribution in [0.1, 0.15) is 12.0 Å². The summed E-state index contributed by atoms with van der Waals surface area (Å²) >= 11 is 0. The molecule has 6 nitrogen and oxygen atoms in total. The molecule has 2 heterocycles. The van der Waals surface area contributed by atoms with E-state index in [2.05, 4.69) is 32.1 Å². The van der Waals surface area contributed by atoms with E-state index in [1.54, 1.807) is 6.33 Å². The molecule has 0 aliphatic carbocycles. The van der Waals surface area contributed by atoms with Gasteiger partial charge < -0.3 is 15.2 Å². The average molecular weight is 301 g/mol. The molecule has 0 saturated carbocycles. The van der Waals surface area contributed by atoms with E-state index in [9.17, 15) is 4.79 Å². The third-order valence-electron chi connectivity index (χ3n) is 4.15. The van der Waals surface area contributed by atoms with Crippen molar-refractivity contribution < 1.29 is 4.79 Å². The summed E-state index contributed by atoms with van der Waals surface area (Å²) in [7, 11) is 2.13. The zero-order valence-electron chi connectivity index (χ0n) is 13.0. The number of amides is 1. The third kappa shape index (κ3) is 3.84. The van der Waals surface area contributed by atoms with E-state index in [1.807, 2.05) is 18.2 Å². The number of H-pyrrole nitrogens is 1. The second-order valence-corrected chi connectivity index (χ2v) is 5.96. The van der Waals surface area contributed by atoms with Gasteiger partial charge in [0.15, 0.2) is 0 Å². The highest BCUT2D eigenvalue weighted by atomic mass is 16.2. The summed E-state index contributed by atoms with van der Waals surface area (Å²) in [5, 5.41) is 3.01. The Kier molecular flexibility index (Phi) is 4.70. The molecule has 0 atom stereocenters. The maximum absolute atomic E-state index is 12.1. The Morgan fingerprint density at radius 1 is 1.32 bits per heavy atom. The fourth-order valence-electron chi connectivity index (χ4n) is 2.81. The Morgan fingerprint density at radius 2 is 2.23 bits per heavy atom. The quantitative estimate of drug-likeness (QED) is 0.877. The number of carbonyl (C=O) groups is 1. The van der Waals surface area contributed by atoms with Crippen molar-refractivity contribution in [1.82, 2.24) is 25.1 Å². The zero-order chi connectivity index (χ0) is 15.4. The van der Waals surface area contributed by atoms with Crippen molar-refractivity contribution in [2.24, 2.45) is 0 Å². The van der Waals surface area contributed by atoms with Gasteiger partial charge >= 0.3 is 0 Å². The standard InChI is InChI=1S/C16H23N5O/c1-20-5-2-6-21(8-7-20)11-16(22)17-10-13-3-4-14-15(9-13)19-12-18-14/h3-4,9,12H,2,5-8,10-11H2,1H3,(H,17,22)(H,18,19). The van der Waals surface area contributed by atoms with Crippen LogP contribution in [0.2, 0.25) is 0 Å². The van der Waals surface area contributed by atoms with Gasteiger partial charge in [-0.3, -0.25) is 9.69 Å². The average Bonchev–Trinajstić information content (AvgIpc) is 2.88. The molecule has 1 amide bonds. The molecule has 1 aromatic carbocycles. The number of hydrogen-bond acceptors (Lipinski definition) is 4. The van der Waals surface area contributed by atoms with Gasteiger partial charge in [0.2, 0.25) is 5.91 Å². The molecule has 6 heteroatoms. The lowest BCUT2D eigenvalue weighted by Crippen LogP contribution is -2.38. The molecule has 1 aromatic heterocycles. The number of imidazole rings is 1. The topological polar surface area (TPSA) is 64.3 Å². The first-order valence-electron chi connectivity index (χ1n) is 7.80. The van der Waals surface area contributed by atoms with Crippen LogP contribution < -0.4 is 5.32 Å². The van der Waals surface area contributed by atoms with E-state index in [-0.39, 0.29) is 5.91 Å². The van der Waals surface area contributed by atoms with Gasteiger partial charge in [0.1, 0.15) is 0 Å². The van der Waals surface area contributed by atoms with Gasteiger partial charge in [0.25, 0.3) is 0 Å². The minimum absolute atomic E-state index is 0.0919. The van der Waals surface area contributed by atoms with Gasteiger partial charge in [-0.1, -0.05) is 6.07 Å². The Hall–Kier alpha value is -1.92. The van der Waals surface area contributed by atoms with Crippen LogP contribution in [0.5, 0.6) is 0 Å². The maximum atomic E-state index is 12.1. The minimum Gasteiger partial charge on any atom is -0.351 e. The highest BCUT2D eigenvalue weighted by Gasteiger charge is 2.14. The van der Waals surface area contributed by atoms with Crippen LogP contribution in [0.4, 0.5) is 0 Å². The predicted molar refractivity (Wildman–Crippen MR) is 86.5 cm³/mol. The van der Waals surface area contributed by atoms with Crippen molar-refractivity contribution >= 4 is 16.9 Å². The predicted octanol–water partition coefficient (Wildman–Crippen LogP) is 0.817. The molecule has 2 aromatic rings. The van der Waals surface area contributed by atoms with Crippen molar-refractivity contribution in [3.05, 3.63) is 30.1 Å². The first-order chi connectivity index (χ1) is 10.7. The fourth-order valence-corrected chi connectivity index (χ4v) is 2.81. The van der Waals surface area contributed by atoms with Gasteiger partial charge in [0.05, 0.1) is 23.9 Å². The summed E-state index contributed by atoms with van der Waals surface area (Å²) < 4.78 is 0. The van der Waals surface area contributed by atoms with E-state index in [1.165, 1.54) is 0 Å². The Bertz CT molecular complexity index is 638. The summed E-state index contributed by atoms with van der Waals surface area (Å²) in [6.07, 6.45) is 2.81. The molecule has 0 spiro atoms. The van der Waals surface area contributed by atoms with Crippen molar-refractivity contribution in [2.75, 3.05) is 39.8 Å². The Morgan fingerprint density at radius 3 is 3.14 bits per heavy atom. The van der Waals surface area contributed by atoms with E-state index in [0.717, 1.165) is 49.2 Å². The number of carbonyl (C=O) groups excluding carboxylic acids is 1. The largest absolute Gasteiger partial charge is 0.351 e. The molecule has 0 unspecified atom stereocenters. The molecular weight excluding hydrogens is 278 g/mol. The van der Waals surface area contributed by atoms with E-state index >= 15 is 0 Å². The van der Waals surface area contributed by atoms with Gasteiger partial charge in [-0.2, -0.15) is 0 Å². The van der Waals surface area contributed by atoms with E-state index in [0.29, 0.717) is 13.1 Å². The summed E-state index contributed by atoms with van der Waals surface area (Å²) in [4.78, 5) is 23.9. The number of fused-ring (bicyclic) bond motifs is 1. The molecule has 0 radical (unpaired) electrons. The summed E-state index contributed by atoms with van der Waals surface area (Å²) in [5.41, 5.74) is 3.03. The summed E-state index contributed by atoms with van der Waals surface area (Å²) in [5.74, 6) is 0.0919. The molecule has 1 saturated heterocycles. The van der Waals surface area contributed by atoms with Crippen LogP contribution >= 0.6 is 0 Å². The first kappa shape index (κ1) is 15.0. The lowest BCUT2D eigenvalue weighted by molar-refractivity contribution is -0.122. The van der Waals surface area contributed by atoms with Crippen LogP contribution in [0.3, 0.4) is 0 Å². The minimum atomic E-state index is 0.0919. The molecule has 118 valence electrons. The van der Waals surface area contributed by atoms with Crippen LogP contribution in [0.25, 0.3) is 11.0 Å². The lowest BCUT2D eigenvalue weighted by atomic mass is 10.2. The molecule has 0 bridgehead atoms. The van der Waals surface area contributed by atoms with Crippen LogP contribution in [-0.4, -0.2) is 65.4 Å². The van der Waals surface area contributed by atoms with Gasteiger partial charge in [-0.05, 0) is 44.3 Å². The highest BCUT2D eigenvalue weighted by molar-refractivity contribution is 5.78. The van der Waals surface area contributed by atoms with Crippen molar-refractivity contribution in [3.8, 4) is 0 Å². The second kappa shape index (κ2) is 6.89. The van der Waals surface area contributed by atoms with E-state index in [4.69, 9.17) is 0 Å². The lowest BCUT2D eigenvalue weighted by Gasteiger charge is -2.19. The zero-order valence-corrected chi connectivity index (χ0v) is 13.0. The van der Waals surface area contributed by atoms with Crippen LogP contribution in [0, 0.1) is 0 Å². The Balaban J connectivity index is 1.49. The molecule has 1 fully saturated rings. The van der Waals surface area contributed by atoms with Gasteiger partial charge in [-0.15, -0.1) is 0 Å². The molecular formula is C16H23N5O. The smallest absolute Gasteiger partial charge is 0.234 e. The van der Waals surface area contributed by atoms with Crippen molar-refractivity contribution in [2.45, 2.75) is 13.0 Å². The molecule has 2 N–H and O–H groups in total. The van der Waals surface area contributed by atoms with E-state index < -0.39 is 0 Å². The normalized spacial score (nSPS) is 17.5. The fraction of sp³-hybridized carbons (Fsp3) is 0.500. The monoisotopic (exact) mass is 301 g/mol. The first-order valence-corrected chi connectivity index (χ1v) is 7.80. The third-order valence-corrected chi connectivity index (χ3v) is 4.15. The number of benzene rings is 1. The second-order valence-electron chi connectivity index (χ2n) is 5.96. The maximum Gasteiger partial charge on any atom is 0.234 e. The molecule has 1 aliphatic rings. The number of nitrogens with zero attached hydrogens (tertiary/aromatic N) is 3. The molecule has 1 aliphatic heterocycles. The summed E-state index contributed by atoms with van der Waals surface area (Å²) in [6, 6.07) is 6.01. The highest BCUT2D eigenvalue weighted by Crippen LogP contribution is 2.11. The van der Waals surface area contributed by atoms with Gasteiger partial charge in [-0.25, -0.2) is 4.98 Å². The number of rotatable bonds is 4. The summed E-state index contributed by atoms with van der Waals surface area (Å²) in [6.45, 7) is 5.15. The number of aromatic amines is 1. The van der Waals surface area contributed by atoms with Crippen LogP contribution in [0.15, 0.2) is 24.5 Å². The van der Waals surface area contributed by atoms with Crippen LogP contribution in [-0.2, 0) is 11.3 Å². The number of hydrogen-bond donors (Lipinski definition) is 2. The number of nitrogens with one attached hydrogen (secondary N) is 2. The van der Waals surface area contributed by atoms with Crippen molar-refractivity contribution in [3.63, 3.8) is 0 Å².